The van der Waals surface area contributed by atoms with Crippen LogP contribution in [0, 0.1) is 0 Å². The molecular formula is C22H28O6Si. The van der Waals surface area contributed by atoms with Gasteiger partial charge < -0.3 is 18.6 Å². The average Bonchev–Trinajstić information content (AvgIpc) is 2.67. The number of Topliss-reactive ketones (excluding diaryl/α,β-unsaturated/α-hetero) is 2. The molecule has 1 aromatic carbocycles. The van der Waals surface area contributed by atoms with E-state index in [-0.39, 0.29) is 22.7 Å². The first-order chi connectivity index (χ1) is 13.7. The van der Waals surface area contributed by atoms with Crippen molar-refractivity contribution in [2.45, 2.75) is 45.7 Å². The van der Waals surface area contributed by atoms with Crippen molar-refractivity contribution in [3.8, 4) is 5.75 Å². The van der Waals surface area contributed by atoms with E-state index in [0.717, 1.165) is 5.57 Å². The molecule has 7 heteroatoms. The van der Waals surface area contributed by atoms with Crippen LogP contribution in [0.5, 0.6) is 5.75 Å². The molecule has 2 aliphatic carbocycles. The zero-order chi connectivity index (χ0) is 21.5. The smallest absolute Gasteiger partial charge is 0.241 e. The zero-order valence-corrected chi connectivity index (χ0v) is 19.0. The van der Waals surface area contributed by atoms with E-state index >= 15 is 0 Å². The molecule has 0 spiro atoms. The van der Waals surface area contributed by atoms with Gasteiger partial charge in [0, 0.05) is 30.4 Å². The molecule has 0 N–H and O–H groups in total. The van der Waals surface area contributed by atoms with E-state index in [2.05, 4.69) is 19.6 Å². The lowest BCUT2D eigenvalue weighted by molar-refractivity contribution is 0.0643. The maximum absolute atomic E-state index is 13.6. The highest BCUT2D eigenvalue weighted by Crippen LogP contribution is 2.43. The topological polar surface area (TPSA) is 71.1 Å². The first-order valence-electron chi connectivity index (χ1n) is 9.70. The molecule has 156 valence electrons. The largest absolute Gasteiger partial charge is 0.545 e. The average molecular weight is 417 g/mol. The van der Waals surface area contributed by atoms with E-state index in [1.807, 2.05) is 13.8 Å². The van der Waals surface area contributed by atoms with Crippen molar-refractivity contribution in [1.82, 2.24) is 0 Å². The molecule has 0 saturated carbocycles. The first-order valence-corrected chi connectivity index (χ1v) is 13.1. The maximum atomic E-state index is 13.6. The molecule has 0 saturated heterocycles. The van der Waals surface area contributed by atoms with E-state index in [0.29, 0.717) is 29.3 Å². The number of carbonyl (C=O) groups excluding carboxylic acids is 2. The summed E-state index contributed by atoms with van der Waals surface area (Å²) in [5.74, 6) is 0.422. The minimum Gasteiger partial charge on any atom is -0.545 e. The lowest BCUT2D eigenvalue weighted by Crippen LogP contribution is -2.43. The number of fused-ring (bicyclic) bond motifs is 1. The van der Waals surface area contributed by atoms with Crippen LogP contribution in [-0.4, -0.2) is 52.9 Å². The molecular weight excluding hydrogens is 388 g/mol. The summed E-state index contributed by atoms with van der Waals surface area (Å²) in [6.07, 6.45) is -1.41. The highest BCUT2D eigenvalue weighted by molar-refractivity contribution is 6.70. The number of hydrogen-bond acceptors (Lipinski definition) is 6. The Balaban J connectivity index is 2.26. The highest BCUT2D eigenvalue weighted by atomic mass is 28.4. The summed E-state index contributed by atoms with van der Waals surface area (Å²) in [5, 5.41) is 0. The number of ketones is 2. The fraction of sp³-hybridized carbons (Fsp3) is 0.455. The van der Waals surface area contributed by atoms with Gasteiger partial charge in [0.25, 0.3) is 0 Å². The second-order valence-corrected chi connectivity index (χ2v) is 12.5. The Bertz CT molecular complexity index is 922. The third-order valence-corrected chi connectivity index (χ3v) is 5.86. The monoisotopic (exact) mass is 416 g/mol. The molecule has 3 rings (SSSR count). The summed E-state index contributed by atoms with van der Waals surface area (Å²) in [5.41, 5.74) is 1.99. The minimum atomic E-state index is -2.02. The zero-order valence-electron chi connectivity index (χ0n) is 18.0. The van der Waals surface area contributed by atoms with Crippen LogP contribution in [0.1, 0.15) is 34.6 Å². The van der Waals surface area contributed by atoms with Gasteiger partial charge in [-0.1, -0.05) is 12.1 Å². The second-order valence-electron chi connectivity index (χ2n) is 8.08. The Morgan fingerprint density at radius 2 is 1.66 bits per heavy atom. The van der Waals surface area contributed by atoms with Crippen LogP contribution in [0.15, 0.2) is 40.7 Å². The summed E-state index contributed by atoms with van der Waals surface area (Å²) in [7, 11) is 0.986. The van der Waals surface area contributed by atoms with E-state index in [1.54, 1.807) is 18.2 Å². The molecule has 0 radical (unpaired) electrons. The molecule has 0 fully saturated rings. The molecule has 0 aliphatic heterocycles. The van der Waals surface area contributed by atoms with Gasteiger partial charge in [-0.15, -0.1) is 0 Å². The lowest BCUT2D eigenvalue weighted by atomic mass is 9.74. The van der Waals surface area contributed by atoms with Crippen molar-refractivity contribution in [2.75, 3.05) is 20.8 Å². The van der Waals surface area contributed by atoms with E-state index < -0.39 is 20.5 Å². The van der Waals surface area contributed by atoms with Crippen molar-refractivity contribution in [2.24, 2.45) is 0 Å². The Morgan fingerprint density at radius 1 is 1.00 bits per heavy atom. The van der Waals surface area contributed by atoms with Gasteiger partial charge in [-0.25, -0.2) is 0 Å². The van der Waals surface area contributed by atoms with Crippen LogP contribution in [0.2, 0.25) is 19.6 Å². The summed E-state index contributed by atoms with van der Waals surface area (Å²) in [4.78, 5) is 27.1. The van der Waals surface area contributed by atoms with E-state index in [9.17, 15) is 9.59 Å². The quantitative estimate of drug-likeness (QED) is 0.655. The predicted octanol–water partition coefficient (Wildman–Crippen LogP) is 3.93. The molecule has 0 bridgehead atoms. The summed E-state index contributed by atoms with van der Waals surface area (Å²) >= 11 is 0. The van der Waals surface area contributed by atoms with Gasteiger partial charge in [-0.3, -0.25) is 9.59 Å². The fourth-order valence-corrected chi connectivity index (χ4v) is 4.84. The second kappa shape index (κ2) is 7.89. The first kappa shape index (κ1) is 21.5. The maximum Gasteiger partial charge on any atom is 0.241 e. The Kier molecular flexibility index (Phi) is 5.85. The van der Waals surface area contributed by atoms with Gasteiger partial charge in [0.1, 0.15) is 23.7 Å². The van der Waals surface area contributed by atoms with Gasteiger partial charge in [0.15, 0.2) is 11.6 Å². The Hall–Kier alpha value is -2.22. The SMILES string of the molecule is CCO[C@H]1C(C)=C(O[Si](C)(C)C)[C@@H](OC)C2=C1C(=O)c1cccc(OC)c1C2=O. The van der Waals surface area contributed by atoms with E-state index in [1.165, 1.54) is 14.2 Å². The number of methoxy groups -OCH3 is 2. The van der Waals surface area contributed by atoms with E-state index in [4.69, 9.17) is 18.6 Å². The molecule has 2 atom stereocenters. The molecule has 2 aliphatic rings. The van der Waals surface area contributed by atoms with Crippen LogP contribution in [0.4, 0.5) is 0 Å². The van der Waals surface area contributed by atoms with Crippen molar-refractivity contribution < 1.29 is 28.2 Å². The van der Waals surface area contributed by atoms with Crippen LogP contribution in [0.3, 0.4) is 0 Å². The molecule has 0 heterocycles. The van der Waals surface area contributed by atoms with Crippen molar-refractivity contribution in [3.05, 3.63) is 51.8 Å². The number of rotatable bonds is 6. The van der Waals surface area contributed by atoms with Gasteiger partial charge in [-0.05, 0) is 45.1 Å². The normalized spacial score (nSPS) is 21.9. The molecule has 29 heavy (non-hydrogen) atoms. The third kappa shape index (κ3) is 3.58. The van der Waals surface area contributed by atoms with Gasteiger partial charge in [-0.2, -0.15) is 0 Å². The molecule has 1 aromatic rings. The highest BCUT2D eigenvalue weighted by Gasteiger charge is 2.47. The molecule has 0 aromatic heterocycles. The number of hydrogen-bond donors (Lipinski definition) is 0. The van der Waals surface area contributed by atoms with Crippen LogP contribution < -0.4 is 4.74 Å². The van der Waals surface area contributed by atoms with Gasteiger partial charge in [0.2, 0.25) is 8.32 Å². The third-order valence-electron chi connectivity index (χ3n) is 5.03. The van der Waals surface area contributed by atoms with Crippen LogP contribution in [0.25, 0.3) is 0 Å². The molecule has 0 amide bonds. The van der Waals surface area contributed by atoms with Crippen molar-refractivity contribution in [3.63, 3.8) is 0 Å². The standard InChI is InChI=1S/C22H28O6Si/c1-8-27-20-12(2)21(28-29(5,6)7)22(26-4)17-16(20)18(23)13-10-9-11-14(25-3)15(13)19(17)24/h9-11,20,22H,8H2,1-7H3/t20-,22-/m0/s1. The number of carbonyl (C=O) groups is 2. The van der Waals surface area contributed by atoms with Crippen LogP contribution >= 0.6 is 0 Å². The van der Waals surface area contributed by atoms with Gasteiger partial charge >= 0.3 is 0 Å². The summed E-state index contributed by atoms with van der Waals surface area (Å²) < 4.78 is 23.4. The Labute approximate surface area is 172 Å². The summed E-state index contributed by atoms with van der Waals surface area (Å²) in [6, 6.07) is 5.05. The minimum absolute atomic E-state index is 0.236. The lowest BCUT2D eigenvalue weighted by Gasteiger charge is -2.39. The molecule has 6 nitrogen and oxygen atoms in total. The van der Waals surface area contributed by atoms with Gasteiger partial charge in [0.05, 0.1) is 12.7 Å². The number of ether oxygens (including phenoxy) is 3. The van der Waals surface area contributed by atoms with Crippen LogP contribution in [-0.2, 0) is 13.9 Å². The Morgan fingerprint density at radius 3 is 2.21 bits per heavy atom. The fourth-order valence-electron chi connectivity index (χ4n) is 3.92. The summed E-state index contributed by atoms with van der Waals surface area (Å²) in [6.45, 7) is 10.3. The van der Waals surface area contributed by atoms with Crippen molar-refractivity contribution >= 4 is 19.9 Å². The molecule has 0 unspecified atom stereocenters. The predicted molar refractivity (Wildman–Crippen MR) is 112 cm³/mol. The van der Waals surface area contributed by atoms with Crippen molar-refractivity contribution in [1.29, 1.82) is 0 Å². The number of benzene rings is 1.